The number of hydrogen-bond donors (Lipinski definition) is 0. The maximum atomic E-state index is 12.2. The largest absolute Gasteiger partial charge is 0.288 e. The number of pyridine rings is 1. The summed E-state index contributed by atoms with van der Waals surface area (Å²) >= 11 is 1.36. The molecule has 0 saturated heterocycles. The fourth-order valence-corrected chi connectivity index (χ4v) is 2.42. The van der Waals surface area contributed by atoms with Crippen molar-refractivity contribution in [3.63, 3.8) is 0 Å². The maximum absolute atomic E-state index is 12.2. The number of hydrogen-bond acceptors (Lipinski definition) is 4. The van der Waals surface area contributed by atoms with E-state index in [2.05, 4.69) is 9.97 Å². The molecule has 1 aromatic carbocycles. The Morgan fingerprint density at radius 1 is 1.22 bits per heavy atom. The Morgan fingerprint density at radius 3 is 2.89 bits per heavy atom. The second kappa shape index (κ2) is 4.31. The van der Waals surface area contributed by atoms with Gasteiger partial charge < -0.3 is 0 Å². The lowest BCUT2D eigenvalue weighted by molar-refractivity contribution is 0.104. The Morgan fingerprint density at radius 2 is 2.11 bits per heavy atom. The SMILES string of the molecule is Cc1ccc2cc(C(=O)c3cncs3)ccc2n1. The van der Waals surface area contributed by atoms with Crippen molar-refractivity contribution in [3.05, 3.63) is 58.2 Å². The maximum Gasteiger partial charge on any atom is 0.204 e. The molecule has 0 aliphatic rings. The molecule has 18 heavy (non-hydrogen) atoms. The van der Waals surface area contributed by atoms with Crippen molar-refractivity contribution in [3.8, 4) is 0 Å². The standard InChI is InChI=1S/C14H10N2OS/c1-9-2-3-10-6-11(4-5-12(10)16-9)14(17)13-7-15-8-18-13/h2-8H,1H3. The number of nitrogens with zero attached hydrogens (tertiary/aromatic N) is 2. The van der Waals surface area contributed by atoms with Crippen molar-refractivity contribution >= 4 is 28.0 Å². The van der Waals surface area contributed by atoms with Gasteiger partial charge in [-0.3, -0.25) is 14.8 Å². The van der Waals surface area contributed by atoms with Gasteiger partial charge in [-0.15, -0.1) is 11.3 Å². The first-order valence-corrected chi connectivity index (χ1v) is 6.42. The molecule has 0 N–H and O–H groups in total. The van der Waals surface area contributed by atoms with E-state index >= 15 is 0 Å². The Hall–Kier alpha value is -2.07. The van der Waals surface area contributed by atoms with Crippen molar-refractivity contribution in [2.45, 2.75) is 6.92 Å². The summed E-state index contributed by atoms with van der Waals surface area (Å²) in [4.78, 5) is 21.2. The normalized spacial score (nSPS) is 10.7. The highest BCUT2D eigenvalue weighted by molar-refractivity contribution is 7.11. The minimum absolute atomic E-state index is 0.0139. The fraction of sp³-hybridized carbons (Fsp3) is 0.0714. The van der Waals surface area contributed by atoms with Crippen LogP contribution in [-0.2, 0) is 0 Å². The van der Waals surface area contributed by atoms with Crippen LogP contribution in [0.3, 0.4) is 0 Å². The number of thiazole rings is 1. The number of carbonyl (C=O) groups excluding carboxylic acids is 1. The predicted molar refractivity (Wildman–Crippen MR) is 72.0 cm³/mol. The van der Waals surface area contributed by atoms with Gasteiger partial charge in [0.25, 0.3) is 0 Å². The summed E-state index contributed by atoms with van der Waals surface area (Å²) in [6, 6.07) is 9.52. The average Bonchev–Trinajstić information content (AvgIpc) is 2.91. The third kappa shape index (κ3) is 1.91. The van der Waals surface area contributed by atoms with Gasteiger partial charge in [-0.25, -0.2) is 0 Å². The van der Waals surface area contributed by atoms with E-state index in [0.29, 0.717) is 10.4 Å². The molecule has 0 bridgehead atoms. The van der Waals surface area contributed by atoms with E-state index < -0.39 is 0 Å². The summed E-state index contributed by atoms with van der Waals surface area (Å²) < 4.78 is 0. The molecule has 0 unspecified atom stereocenters. The quantitative estimate of drug-likeness (QED) is 0.659. The Labute approximate surface area is 108 Å². The number of benzene rings is 1. The van der Waals surface area contributed by atoms with Crippen molar-refractivity contribution < 1.29 is 4.79 Å². The first-order chi connectivity index (χ1) is 8.74. The molecule has 3 nitrogen and oxygen atoms in total. The summed E-state index contributed by atoms with van der Waals surface area (Å²) in [7, 11) is 0. The van der Waals surface area contributed by atoms with Gasteiger partial charge >= 0.3 is 0 Å². The van der Waals surface area contributed by atoms with Crippen molar-refractivity contribution in [1.82, 2.24) is 9.97 Å². The molecule has 0 amide bonds. The van der Waals surface area contributed by atoms with E-state index in [0.717, 1.165) is 16.6 Å². The highest BCUT2D eigenvalue weighted by Gasteiger charge is 2.11. The van der Waals surface area contributed by atoms with E-state index in [-0.39, 0.29) is 5.78 Å². The van der Waals surface area contributed by atoms with Gasteiger partial charge in [-0.05, 0) is 31.2 Å². The van der Waals surface area contributed by atoms with Crippen LogP contribution in [-0.4, -0.2) is 15.8 Å². The number of carbonyl (C=O) groups is 1. The van der Waals surface area contributed by atoms with Crippen LogP contribution in [0, 0.1) is 6.92 Å². The van der Waals surface area contributed by atoms with Crippen LogP contribution in [0.2, 0.25) is 0 Å². The molecule has 0 aliphatic carbocycles. The van der Waals surface area contributed by atoms with E-state index in [1.165, 1.54) is 11.3 Å². The van der Waals surface area contributed by atoms with E-state index in [1.807, 2.05) is 37.3 Å². The zero-order valence-electron chi connectivity index (χ0n) is 9.75. The van der Waals surface area contributed by atoms with Crippen LogP contribution >= 0.6 is 11.3 Å². The van der Waals surface area contributed by atoms with Crippen molar-refractivity contribution in [2.24, 2.45) is 0 Å². The molecule has 0 fully saturated rings. The molecule has 2 heterocycles. The molecule has 88 valence electrons. The average molecular weight is 254 g/mol. The molecule has 0 aliphatic heterocycles. The smallest absolute Gasteiger partial charge is 0.204 e. The van der Waals surface area contributed by atoms with Gasteiger partial charge in [-0.1, -0.05) is 6.07 Å². The van der Waals surface area contributed by atoms with Gasteiger partial charge in [-0.2, -0.15) is 0 Å². The highest BCUT2D eigenvalue weighted by Crippen LogP contribution is 2.18. The number of aryl methyl sites for hydroxylation is 1. The molecule has 3 rings (SSSR count). The third-order valence-corrected chi connectivity index (χ3v) is 3.52. The minimum Gasteiger partial charge on any atom is -0.288 e. The van der Waals surface area contributed by atoms with E-state index in [4.69, 9.17) is 0 Å². The first kappa shape index (κ1) is 11.0. The summed E-state index contributed by atoms with van der Waals surface area (Å²) in [5.41, 5.74) is 4.23. The molecule has 0 saturated carbocycles. The lowest BCUT2D eigenvalue weighted by Crippen LogP contribution is -1.98. The molecular weight excluding hydrogens is 244 g/mol. The van der Waals surface area contributed by atoms with Gasteiger partial charge in [0.1, 0.15) is 0 Å². The molecule has 3 aromatic rings. The number of aromatic nitrogens is 2. The second-order valence-corrected chi connectivity index (χ2v) is 4.94. The van der Waals surface area contributed by atoms with Gasteiger partial charge in [0.05, 0.1) is 15.9 Å². The van der Waals surface area contributed by atoms with Crippen LogP contribution in [0.1, 0.15) is 20.9 Å². The first-order valence-electron chi connectivity index (χ1n) is 5.54. The fourth-order valence-electron chi connectivity index (χ4n) is 1.84. The zero-order chi connectivity index (χ0) is 12.5. The van der Waals surface area contributed by atoms with Crippen LogP contribution in [0.15, 0.2) is 42.0 Å². The lowest BCUT2D eigenvalue weighted by atomic mass is 10.1. The zero-order valence-corrected chi connectivity index (χ0v) is 10.6. The van der Waals surface area contributed by atoms with Crippen molar-refractivity contribution in [1.29, 1.82) is 0 Å². The van der Waals surface area contributed by atoms with E-state index in [1.54, 1.807) is 11.7 Å². The number of ketones is 1. The Bertz CT molecular complexity index is 720. The minimum atomic E-state index is 0.0139. The van der Waals surface area contributed by atoms with Crippen LogP contribution in [0.5, 0.6) is 0 Å². The van der Waals surface area contributed by atoms with Crippen molar-refractivity contribution in [2.75, 3.05) is 0 Å². The number of rotatable bonds is 2. The van der Waals surface area contributed by atoms with E-state index in [9.17, 15) is 4.79 Å². The van der Waals surface area contributed by atoms with Crippen LogP contribution < -0.4 is 0 Å². The molecule has 0 spiro atoms. The molecule has 4 heteroatoms. The summed E-state index contributed by atoms with van der Waals surface area (Å²) in [5, 5.41) is 0.982. The molecule has 0 radical (unpaired) electrons. The number of fused-ring (bicyclic) bond motifs is 1. The second-order valence-electron chi connectivity index (χ2n) is 4.05. The topological polar surface area (TPSA) is 42.9 Å². The Kier molecular flexibility index (Phi) is 2.64. The van der Waals surface area contributed by atoms with Gasteiger partial charge in [0.2, 0.25) is 5.78 Å². The van der Waals surface area contributed by atoms with Crippen LogP contribution in [0.25, 0.3) is 10.9 Å². The molecule has 2 aromatic heterocycles. The van der Waals surface area contributed by atoms with Gasteiger partial charge in [0, 0.05) is 22.8 Å². The lowest BCUT2D eigenvalue weighted by Gasteiger charge is -2.02. The monoisotopic (exact) mass is 254 g/mol. The summed E-state index contributed by atoms with van der Waals surface area (Å²) in [6.45, 7) is 1.95. The Balaban J connectivity index is 2.09. The highest BCUT2D eigenvalue weighted by atomic mass is 32.1. The molecular formula is C14H10N2OS. The summed E-state index contributed by atoms with van der Waals surface area (Å²) in [5.74, 6) is 0.0139. The third-order valence-electron chi connectivity index (χ3n) is 2.75. The van der Waals surface area contributed by atoms with Crippen LogP contribution in [0.4, 0.5) is 0 Å². The predicted octanol–water partition coefficient (Wildman–Crippen LogP) is 3.23. The van der Waals surface area contributed by atoms with Gasteiger partial charge in [0.15, 0.2) is 0 Å². The molecule has 0 atom stereocenters. The summed E-state index contributed by atoms with van der Waals surface area (Å²) in [6.07, 6.45) is 1.60.